The van der Waals surface area contributed by atoms with Crippen molar-refractivity contribution < 1.29 is 9.90 Å². The Morgan fingerprint density at radius 1 is 1.10 bits per heavy atom. The van der Waals surface area contributed by atoms with Crippen LogP contribution in [-0.4, -0.2) is 21.1 Å². The highest BCUT2D eigenvalue weighted by Crippen LogP contribution is 2.31. The molecule has 0 aliphatic rings. The lowest BCUT2D eigenvalue weighted by molar-refractivity contribution is 0.481. The molecule has 3 rings (SSSR count). The molecule has 0 amide bonds. The average molecular weight is 266 g/mol. The number of benzene rings is 1. The van der Waals surface area contributed by atoms with Gasteiger partial charge >= 0.3 is 0 Å². The fourth-order valence-corrected chi connectivity index (χ4v) is 2.19. The Hall–Kier alpha value is -2.95. The first-order valence-corrected chi connectivity index (χ1v) is 5.97. The van der Waals surface area contributed by atoms with Gasteiger partial charge in [0.05, 0.1) is 10.9 Å². The fourth-order valence-electron chi connectivity index (χ4n) is 2.19. The third-order valence-electron chi connectivity index (χ3n) is 3.11. The number of hydrogen-bond donors (Lipinski definition) is 1. The molecule has 5 heteroatoms. The van der Waals surface area contributed by atoms with Crippen LogP contribution in [0.2, 0.25) is 0 Å². The molecular formula is C15H10N2O3. The zero-order valence-corrected chi connectivity index (χ0v) is 10.4. The number of carbonyl (C=O) groups is 1. The zero-order chi connectivity index (χ0) is 14.1. The molecule has 2 aromatic heterocycles. The van der Waals surface area contributed by atoms with E-state index >= 15 is 0 Å². The van der Waals surface area contributed by atoms with Crippen molar-refractivity contribution in [3.63, 3.8) is 0 Å². The van der Waals surface area contributed by atoms with Crippen LogP contribution in [0.15, 0.2) is 53.5 Å². The van der Waals surface area contributed by atoms with Crippen LogP contribution < -0.4 is 5.56 Å². The van der Waals surface area contributed by atoms with Crippen molar-refractivity contribution >= 4 is 17.4 Å². The Kier molecular flexibility index (Phi) is 2.80. The summed E-state index contributed by atoms with van der Waals surface area (Å²) in [6.07, 6.45) is 1.87. The second-order valence-corrected chi connectivity index (χ2v) is 4.24. The molecule has 98 valence electrons. The summed E-state index contributed by atoms with van der Waals surface area (Å²) in [5.41, 5.74) is 0.203. The van der Waals surface area contributed by atoms with Gasteiger partial charge in [-0.05, 0) is 17.7 Å². The third-order valence-corrected chi connectivity index (χ3v) is 3.11. The van der Waals surface area contributed by atoms with Crippen molar-refractivity contribution in [3.8, 4) is 16.9 Å². The molecular weight excluding hydrogens is 256 g/mol. The van der Waals surface area contributed by atoms with Gasteiger partial charge in [-0.25, -0.2) is 9.55 Å². The van der Waals surface area contributed by atoms with E-state index in [2.05, 4.69) is 4.98 Å². The predicted molar refractivity (Wildman–Crippen MR) is 75.3 cm³/mol. The summed E-state index contributed by atoms with van der Waals surface area (Å²) in [5, 5.41) is 10.7. The number of nitrogens with zero attached hydrogens (tertiary/aromatic N) is 2. The Morgan fingerprint density at radius 2 is 1.85 bits per heavy atom. The van der Waals surface area contributed by atoms with Gasteiger partial charge in [-0.1, -0.05) is 30.3 Å². The lowest BCUT2D eigenvalue weighted by atomic mass is 10.0. The van der Waals surface area contributed by atoms with Gasteiger partial charge < -0.3 is 5.11 Å². The van der Waals surface area contributed by atoms with Crippen LogP contribution in [0.25, 0.3) is 22.2 Å². The molecule has 0 spiro atoms. The summed E-state index contributed by atoms with van der Waals surface area (Å²) in [7, 11) is 0. The lowest BCUT2D eigenvalue weighted by Gasteiger charge is -2.10. The standard InChI is InChI=1S/C15H10N2O3/c18-9-17-14-11(7-4-8-16-14)13(19)12(15(17)20)10-5-2-1-3-6-10/h1-9,19H. The highest BCUT2D eigenvalue weighted by atomic mass is 16.3. The molecule has 5 nitrogen and oxygen atoms in total. The molecule has 1 aromatic carbocycles. The van der Waals surface area contributed by atoms with Crippen molar-refractivity contribution in [1.82, 2.24) is 9.55 Å². The molecule has 1 N–H and O–H groups in total. The number of carbonyl (C=O) groups excluding carboxylic acids is 1. The van der Waals surface area contributed by atoms with Crippen LogP contribution >= 0.6 is 0 Å². The minimum absolute atomic E-state index is 0.0956. The summed E-state index contributed by atoms with van der Waals surface area (Å²) in [6.45, 7) is 0. The largest absolute Gasteiger partial charge is 0.506 e. The zero-order valence-electron chi connectivity index (χ0n) is 10.4. The summed E-state index contributed by atoms with van der Waals surface area (Å²) >= 11 is 0. The van der Waals surface area contributed by atoms with Crippen LogP contribution in [-0.2, 0) is 4.79 Å². The lowest BCUT2D eigenvalue weighted by Crippen LogP contribution is -2.22. The maximum Gasteiger partial charge on any atom is 0.270 e. The number of aromatic hydroxyl groups is 1. The van der Waals surface area contributed by atoms with Gasteiger partial charge in [-0.15, -0.1) is 0 Å². The van der Waals surface area contributed by atoms with Crippen LogP contribution in [0, 0.1) is 0 Å². The van der Waals surface area contributed by atoms with Crippen LogP contribution in [0.4, 0.5) is 0 Å². The molecule has 0 saturated heterocycles. The Morgan fingerprint density at radius 3 is 2.55 bits per heavy atom. The van der Waals surface area contributed by atoms with E-state index in [0.717, 1.165) is 4.57 Å². The maximum atomic E-state index is 12.4. The van der Waals surface area contributed by atoms with Crippen molar-refractivity contribution in [2.75, 3.05) is 0 Å². The molecule has 0 unspecified atom stereocenters. The van der Waals surface area contributed by atoms with Gasteiger partial charge in [-0.2, -0.15) is 0 Å². The summed E-state index contributed by atoms with van der Waals surface area (Å²) < 4.78 is 0.900. The van der Waals surface area contributed by atoms with Gasteiger partial charge in [0, 0.05) is 6.20 Å². The molecule has 0 fully saturated rings. The van der Waals surface area contributed by atoms with Crippen LogP contribution in [0.5, 0.6) is 5.75 Å². The molecule has 0 saturated carbocycles. The number of pyridine rings is 2. The molecule has 0 aliphatic carbocycles. The summed E-state index contributed by atoms with van der Waals surface area (Å²) in [5.74, 6) is -0.164. The van der Waals surface area contributed by atoms with Crippen molar-refractivity contribution in [1.29, 1.82) is 0 Å². The molecule has 20 heavy (non-hydrogen) atoms. The van der Waals surface area contributed by atoms with Crippen molar-refractivity contribution in [2.45, 2.75) is 0 Å². The van der Waals surface area contributed by atoms with Crippen molar-refractivity contribution in [3.05, 3.63) is 59.0 Å². The first kappa shape index (κ1) is 12.1. The first-order chi connectivity index (χ1) is 9.74. The van der Waals surface area contributed by atoms with E-state index in [0.29, 0.717) is 17.4 Å². The fraction of sp³-hybridized carbons (Fsp3) is 0. The number of fused-ring (bicyclic) bond motifs is 1. The van der Waals surface area contributed by atoms with Crippen LogP contribution in [0.1, 0.15) is 0 Å². The molecule has 0 bridgehead atoms. The molecule has 0 aliphatic heterocycles. The highest BCUT2D eigenvalue weighted by Gasteiger charge is 2.17. The van der Waals surface area contributed by atoms with Gasteiger partial charge in [0.25, 0.3) is 5.56 Å². The highest BCUT2D eigenvalue weighted by molar-refractivity contribution is 5.92. The van der Waals surface area contributed by atoms with E-state index in [1.807, 2.05) is 0 Å². The maximum absolute atomic E-state index is 12.4. The van der Waals surface area contributed by atoms with Gasteiger partial charge in [0.15, 0.2) is 5.65 Å². The normalized spacial score (nSPS) is 10.6. The molecule has 0 radical (unpaired) electrons. The van der Waals surface area contributed by atoms with Gasteiger partial charge in [0.1, 0.15) is 5.75 Å². The Balaban J connectivity index is 2.51. The average Bonchev–Trinajstić information content (AvgIpc) is 2.49. The van der Waals surface area contributed by atoms with E-state index in [9.17, 15) is 14.7 Å². The van der Waals surface area contributed by atoms with E-state index in [-0.39, 0.29) is 17.0 Å². The van der Waals surface area contributed by atoms with Gasteiger partial charge in [0.2, 0.25) is 6.41 Å². The Labute approximate surface area is 113 Å². The SMILES string of the molecule is O=Cn1c(=O)c(-c2ccccc2)c(O)c2cccnc21. The van der Waals surface area contributed by atoms with Crippen molar-refractivity contribution in [2.24, 2.45) is 0 Å². The van der Waals surface area contributed by atoms with Gasteiger partial charge in [-0.3, -0.25) is 9.59 Å². The summed E-state index contributed by atoms with van der Waals surface area (Å²) in [6, 6.07) is 12.0. The predicted octanol–water partition coefficient (Wildman–Crippen LogP) is 1.81. The first-order valence-electron chi connectivity index (χ1n) is 5.97. The molecule has 2 heterocycles. The number of hydrogen-bond acceptors (Lipinski definition) is 4. The summed E-state index contributed by atoms with van der Waals surface area (Å²) in [4.78, 5) is 27.5. The topological polar surface area (TPSA) is 72.2 Å². The molecule has 0 atom stereocenters. The monoisotopic (exact) mass is 266 g/mol. The molecule has 3 aromatic rings. The second-order valence-electron chi connectivity index (χ2n) is 4.24. The number of aromatic nitrogens is 2. The van der Waals surface area contributed by atoms with E-state index in [1.54, 1.807) is 42.5 Å². The van der Waals surface area contributed by atoms with E-state index in [4.69, 9.17) is 0 Å². The van der Waals surface area contributed by atoms with E-state index < -0.39 is 5.56 Å². The smallest absolute Gasteiger partial charge is 0.270 e. The van der Waals surface area contributed by atoms with E-state index in [1.165, 1.54) is 6.20 Å². The quantitative estimate of drug-likeness (QED) is 0.718. The second kappa shape index (κ2) is 4.62. The Bertz CT molecular complexity index is 854. The minimum atomic E-state index is -0.588. The minimum Gasteiger partial charge on any atom is -0.506 e. The van der Waals surface area contributed by atoms with Crippen LogP contribution in [0.3, 0.4) is 0 Å². The number of rotatable bonds is 2. The third kappa shape index (κ3) is 1.68.